The molecule has 15 heavy (non-hydrogen) atoms. The fourth-order valence-electron chi connectivity index (χ4n) is 0.947. The lowest BCUT2D eigenvalue weighted by Gasteiger charge is -1.92. The third-order valence-electron chi connectivity index (χ3n) is 1.74. The number of nitrogen functional groups attached to an aromatic ring is 1. The summed E-state index contributed by atoms with van der Waals surface area (Å²) >= 11 is 1.28. The standard InChI is InChI=1S/C10H13N3OS/c1-8(14)15-6-4-3-5-9-7-12-13(2)10(9)11/h7H,4,6,11H2,1-2H3. The molecular weight excluding hydrogens is 210 g/mol. The molecule has 4 nitrogen and oxygen atoms in total. The molecule has 0 aromatic carbocycles. The Morgan fingerprint density at radius 3 is 3.00 bits per heavy atom. The van der Waals surface area contributed by atoms with Crippen LogP contribution in [0.3, 0.4) is 0 Å². The van der Waals surface area contributed by atoms with Gasteiger partial charge in [-0.2, -0.15) is 5.10 Å². The fourth-order valence-corrected chi connectivity index (χ4v) is 1.44. The van der Waals surface area contributed by atoms with Crippen LogP contribution in [-0.2, 0) is 11.8 Å². The fraction of sp³-hybridized carbons (Fsp3) is 0.400. The first-order valence-corrected chi connectivity index (χ1v) is 5.49. The summed E-state index contributed by atoms with van der Waals surface area (Å²) in [4.78, 5) is 10.6. The molecular formula is C10H13N3OS. The molecule has 1 heterocycles. The van der Waals surface area contributed by atoms with Crippen molar-refractivity contribution in [1.82, 2.24) is 9.78 Å². The van der Waals surface area contributed by atoms with E-state index in [0.29, 0.717) is 12.2 Å². The van der Waals surface area contributed by atoms with Gasteiger partial charge in [0.1, 0.15) is 5.82 Å². The quantitative estimate of drug-likeness (QED) is 0.601. The van der Waals surface area contributed by atoms with Crippen molar-refractivity contribution in [1.29, 1.82) is 0 Å². The predicted molar refractivity (Wildman–Crippen MR) is 62.3 cm³/mol. The van der Waals surface area contributed by atoms with E-state index in [1.54, 1.807) is 24.9 Å². The molecule has 0 spiro atoms. The van der Waals surface area contributed by atoms with Gasteiger partial charge < -0.3 is 5.73 Å². The Balaban J connectivity index is 2.45. The Kier molecular flexibility index (Phi) is 4.25. The van der Waals surface area contributed by atoms with E-state index in [1.807, 2.05) is 0 Å². The number of hydrogen-bond donors (Lipinski definition) is 1. The lowest BCUT2D eigenvalue weighted by molar-refractivity contribution is -0.109. The van der Waals surface area contributed by atoms with E-state index < -0.39 is 0 Å². The van der Waals surface area contributed by atoms with Crippen LogP contribution >= 0.6 is 11.8 Å². The second-order valence-electron chi connectivity index (χ2n) is 2.96. The second-order valence-corrected chi connectivity index (χ2v) is 4.23. The number of carbonyl (C=O) groups excluding carboxylic acids is 1. The molecule has 0 atom stereocenters. The van der Waals surface area contributed by atoms with Gasteiger partial charge in [-0.25, -0.2) is 0 Å². The number of aromatic nitrogens is 2. The summed E-state index contributed by atoms with van der Waals surface area (Å²) in [6.07, 6.45) is 2.32. The van der Waals surface area contributed by atoms with Crippen LogP contribution in [0.25, 0.3) is 0 Å². The summed E-state index contributed by atoms with van der Waals surface area (Å²) in [5, 5.41) is 4.10. The highest BCUT2D eigenvalue weighted by atomic mass is 32.2. The van der Waals surface area contributed by atoms with E-state index >= 15 is 0 Å². The van der Waals surface area contributed by atoms with Gasteiger partial charge in [0, 0.05) is 26.1 Å². The van der Waals surface area contributed by atoms with E-state index in [2.05, 4.69) is 16.9 Å². The molecule has 0 saturated carbocycles. The highest BCUT2D eigenvalue weighted by Crippen LogP contribution is 2.07. The number of nitrogens with two attached hydrogens (primary N) is 1. The minimum Gasteiger partial charge on any atom is -0.383 e. The van der Waals surface area contributed by atoms with Gasteiger partial charge in [-0.1, -0.05) is 23.6 Å². The highest BCUT2D eigenvalue weighted by Gasteiger charge is 1.99. The van der Waals surface area contributed by atoms with Gasteiger partial charge in [-0.05, 0) is 0 Å². The molecule has 0 aliphatic rings. The Morgan fingerprint density at radius 2 is 2.47 bits per heavy atom. The van der Waals surface area contributed by atoms with Crippen LogP contribution in [0.4, 0.5) is 5.82 Å². The molecule has 0 bridgehead atoms. The van der Waals surface area contributed by atoms with Crippen LogP contribution in [0.2, 0.25) is 0 Å². The first kappa shape index (κ1) is 11.7. The summed E-state index contributed by atoms with van der Waals surface area (Å²) in [6, 6.07) is 0. The van der Waals surface area contributed by atoms with Crippen molar-refractivity contribution in [3.63, 3.8) is 0 Å². The number of hydrogen-bond acceptors (Lipinski definition) is 4. The number of anilines is 1. The van der Waals surface area contributed by atoms with Gasteiger partial charge in [-0.15, -0.1) is 0 Å². The summed E-state index contributed by atoms with van der Waals surface area (Å²) < 4.78 is 1.58. The summed E-state index contributed by atoms with van der Waals surface area (Å²) in [5.74, 6) is 7.18. The second kappa shape index (κ2) is 5.47. The van der Waals surface area contributed by atoms with Crippen molar-refractivity contribution >= 4 is 22.7 Å². The van der Waals surface area contributed by atoms with Crippen LogP contribution in [0.1, 0.15) is 18.9 Å². The van der Waals surface area contributed by atoms with Crippen LogP contribution in [0, 0.1) is 11.8 Å². The normalized spacial score (nSPS) is 9.47. The van der Waals surface area contributed by atoms with Crippen molar-refractivity contribution in [3.8, 4) is 11.8 Å². The van der Waals surface area contributed by atoms with Crippen LogP contribution in [0.15, 0.2) is 6.20 Å². The molecule has 0 aliphatic heterocycles. The Labute approximate surface area is 93.2 Å². The molecule has 0 unspecified atom stereocenters. The minimum atomic E-state index is 0.123. The van der Waals surface area contributed by atoms with Gasteiger partial charge in [-0.3, -0.25) is 9.48 Å². The highest BCUT2D eigenvalue weighted by molar-refractivity contribution is 8.13. The van der Waals surface area contributed by atoms with Crippen LogP contribution < -0.4 is 5.73 Å². The minimum absolute atomic E-state index is 0.123. The third kappa shape index (κ3) is 3.68. The van der Waals surface area contributed by atoms with Gasteiger partial charge in [0.15, 0.2) is 5.12 Å². The zero-order valence-electron chi connectivity index (χ0n) is 8.78. The van der Waals surface area contributed by atoms with E-state index in [4.69, 9.17) is 5.73 Å². The van der Waals surface area contributed by atoms with Crippen molar-refractivity contribution < 1.29 is 4.79 Å². The average molecular weight is 223 g/mol. The molecule has 1 aromatic rings. The molecule has 0 fully saturated rings. The largest absolute Gasteiger partial charge is 0.383 e. The van der Waals surface area contributed by atoms with Crippen LogP contribution in [-0.4, -0.2) is 20.6 Å². The number of nitrogens with zero attached hydrogens (tertiary/aromatic N) is 2. The van der Waals surface area contributed by atoms with Gasteiger partial charge in [0.25, 0.3) is 0 Å². The van der Waals surface area contributed by atoms with E-state index in [0.717, 1.165) is 11.3 Å². The van der Waals surface area contributed by atoms with Gasteiger partial charge >= 0.3 is 0 Å². The van der Waals surface area contributed by atoms with Gasteiger partial charge in [0.05, 0.1) is 11.8 Å². The molecule has 80 valence electrons. The average Bonchev–Trinajstić information content (AvgIpc) is 2.48. The summed E-state index contributed by atoms with van der Waals surface area (Å²) in [5.41, 5.74) is 6.45. The molecule has 0 saturated heterocycles. The van der Waals surface area contributed by atoms with Crippen molar-refractivity contribution in [2.45, 2.75) is 13.3 Å². The first-order valence-electron chi connectivity index (χ1n) is 4.51. The summed E-state index contributed by atoms with van der Waals surface area (Å²) in [7, 11) is 1.77. The Morgan fingerprint density at radius 1 is 1.73 bits per heavy atom. The number of aryl methyl sites for hydroxylation is 1. The molecule has 0 radical (unpaired) electrons. The Hall–Kier alpha value is -1.41. The topological polar surface area (TPSA) is 60.9 Å². The van der Waals surface area contributed by atoms with Gasteiger partial charge in [0.2, 0.25) is 0 Å². The molecule has 0 aliphatic carbocycles. The third-order valence-corrected chi connectivity index (χ3v) is 2.55. The lowest BCUT2D eigenvalue weighted by atomic mass is 10.3. The van der Waals surface area contributed by atoms with E-state index in [9.17, 15) is 4.79 Å². The number of rotatable bonds is 2. The Bertz CT molecular complexity index is 414. The molecule has 1 aromatic heterocycles. The lowest BCUT2D eigenvalue weighted by Crippen LogP contribution is -1.98. The van der Waals surface area contributed by atoms with Crippen molar-refractivity contribution in [3.05, 3.63) is 11.8 Å². The maximum absolute atomic E-state index is 10.6. The zero-order chi connectivity index (χ0) is 11.3. The maximum atomic E-state index is 10.6. The molecule has 5 heteroatoms. The van der Waals surface area contributed by atoms with E-state index in [-0.39, 0.29) is 5.12 Å². The summed E-state index contributed by atoms with van der Waals surface area (Å²) in [6.45, 7) is 1.55. The first-order chi connectivity index (χ1) is 7.11. The zero-order valence-corrected chi connectivity index (χ0v) is 9.60. The number of carbonyl (C=O) groups is 1. The predicted octanol–water partition coefficient (Wildman–Crippen LogP) is 1.02. The molecule has 2 N–H and O–H groups in total. The van der Waals surface area contributed by atoms with Crippen LogP contribution in [0.5, 0.6) is 0 Å². The molecule has 1 rings (SSSR count). The monoisotopic (exact) mass is 223 g/mol. The maximum Gasteiger partial charge on any atom is 0.185 e. The van der Waals surface area contributed by atoms with Crippen molar-refractivity contribution in [2.75, 3.05) is 11.5 Å². The smallest absolute Gasteiger partial charge is 0.185 e. The van der Waals surface area contributed by atoms with Crippen molar-refractivity contribution in [2.24, 2.45) is 7.05 Å². The number of thioether (sulfide) groups is 1. The van der Waals surface area contributed by atoms with E-state index in [1.165, 1.54) is 11.8 Å². The molecule has 0 amide bonds. The SMILES string of the molecule is CC(=O)SCCC#Cc1cnn(C)c1N.